The van der Waals surface area contributed by atoms with E-state index in [2.05, 4.69) is 59.8 Å². The summed E-state index contributed by atoms with van der Waals surface area (Å²) in [6.45, 7) is 8.43. The third-order valence-electron chi connectivity index (χ3n) is 3.07. The number of aryl methyl sites for hydroxylation is 1. The molecule has 0 saturated carbocycles. The van der Waals surface area contributed by atoms with E-state index < -0.39 is 0 Å². The normalized spacial score (nSPS) is 10.8. The number of rotatable bonds is 3. The van der Waals surface area contributed by atoms with Crippen LogP contribution >= 0.6 is 15.9 Å². The number of benzene rings is 1. The number of aromatic nitrogens is 1. The predicted molar refractivity (Wildman–Crippen MR) is 77.7 cm³/mol. The van der Waals surface area contributed by atoms with Gasteiger partial charge in [0.25, 0.3) is 0 Å². The van der Waals surface area contributed by atoms with Gasteiger partial charge in [-0.3, -0.25) is 0 Å². The van der Waals surface area contributed by atoms with Gasteiger partial charge in [0.15, 0.2) is 0 Å². The molecule has 0 bridgehead atoms. The molecular weight excluding hydrogens is 276 g/mol. The summed E-state index contributed by atoms with van der Waals surface area (Å²) >= 11 is 3.58. The second-order valence-electron chi connectivity index (χ2n) is 4.11. The van der Waals surface area contributed by atoms with E-state index in [4.69, 9.17) is 4.98 Å². The smallest absolute Gasteiger partial charge is 0.129 e. The molecule has 0 aliphatic carbocycles. The Morgan fingerprint density at radius 1 is 1.24 bits per heavy atom. The lowest BCUT2D eigenvalue weighted by atomic mass is 10.1. The summed E-state index contributed by atoms with van der Waals surface area (Å²) in [6, 6.07) is 8.38. The van der Waals surface area contributed by atoms with E-state index in [0.717, 1.165) is 28.9 Å². The van der Waals surface area contributed by atoms with Gasteiger partial charge < -0.3 is 4.90 Å². The monoisotopic (exact) mass is 292 g/mol. The molecule has 17 heavy (non-hydrogen) atoms. The predicted octanol–water partition coefficient (Wildman–Crippen LogP) is 4.15. The average molecular weight is 293 g/mol. The number of fused-ring (bicyclic) bond motifs is 1. The molecule has 0 atom stereocenters. The summed E-state index contributed by atoms with van der Waals surface area (Å²) < 4.78 is 1.06. The van der Waals surface area contributed by atoms with Crippen molar-refractivity contribution in [2.24, 2.45) is 0 Å². The maximum Gasteiger partial charge on any atom is 0.129 e. The highest BCUT2D eigenvalue weighted by molar-refractivity contribution is 9.10. The van der Waals surface area contributed by atoms with Gasteiger partial charge >= 0.3 is 0 Å². The highest BCUT2D eigenvalue weighted by atomic mass is 79.9. The van der Waals surface area contributed by atoms with Crippen LogP contribution in [0.5, 0.6) is 0 Å². The Bertz CT molecular complexity index is 533. The summed E-state index contributed by atoms with van der Waals surface area (Å²) in [4.78, 5) is 7.03. The molecule has 0 aliphatic heterocycles. The van der Waals surface area contributed by atoms with Crippen molar-refractivity contribution < 1.29 is 0 Å². The van der Waals surface area contributed by atoms with Crippen molar-refractivity contribution in [2.45, 2.75) is 20.8 Å². The number of pyridine rings is 1. The van der Waals surface area contributed by atoms with Crippen LogP contribution in [0.3, 0.4) is 0 Å². The van der Waals surface area contributed by atoms with Gasteiger partial charge in [-0.05, 0) is 54.4 Å². The molecule has 1 heterocycles. The van der Waals surface area contributed by atoms with Crippen LogP contribution in [-0.2, 0) is 0 Å². The quantitative estimate of drug-likeness (QED) is 0.845. The zero-order valence-electron chi connectivity index (χ0n) is 10.5. The molecule has 0 amide bonds. The van der Waals surface area contributed by atoms with E-state index in [1.165, 1.54) is 10.9 Å². The highest BCUT2D eigenvalue weighted by Gasteiger charge is 2.09. The zero-order chi connectivity index (χ0) is 12.4. The molecule has 0 N–H and O–H groups in total. The van der Waals surface area contributed by atoms with E-state index in [0.29, 0.717) is 0 Å². The fourth-order valence-electron chi connectivity index (χ4n) is 2.08. The van der Waals surface area contributed by atoms with Crippen molar-refractivity contribution in [3.63, 3.8) is 0 Å². The number of halogens is 1. The molecule has 0 spiro atoms. The molecule has 1 aromatic carbocycles. The molecule has 0 radical (unpaired) electrons. The second kappa shape index (κ2) is 5.05. The Kier molecular flexibility index (Phi) is 3.67. The molecule has 3 heteroatoms. The molecular formula is C14H17BrN2. The number of hydrogen-bond acceptors (Lipinski definition) is 2. The summed E-state index contributed by atoms with van der Waals surface area (Å²) in [7, 11) is 0. The molecule has 90 valence electrons. The molecule has 2 rings (SSSR count). The number of hydrogen-bond donors (Lipinski definition) is 0. The van der Waals surface area contributed by atoms with E-state index in [-0.39, 0.29) is 0 Å². The fraction of sp³-hybridized carbons (Fsp3) is 0.357. The van der Waals surface area contributed by atoms with Crippen LogP contribution in [0.25, 0.3) is 10.9 Å². The van der Waals surface area contributed by atoms with Crippen molar-refractivity contribution in [3.05, 3.63) is 34.3 Å². The molecule has 2 nitrogen and oxygen atoms in total. The summed E-state index contributed by atoms with van der Waals surface area (Å²) in [5.41, 5.74) is 2.33. The van der Waals surface area contributed by atoms with Gasteiger partial charge in [-0.15, -0.1) is 0 Å². The lowest BCUT2D eigenvalue weighted by Gasteiger charge is -2.21. The summed E-state index contributed by atoms with van der Waals surface area (Å²) in [6.07, 6.45) is 0. The van der Waals surface area contributed by atoms with E-state index in [1.807, 2.05) is 6.07 Å². The molecule has 0 aliphatic rings. The van der Waals surface area contributed by atoms with Crippen molar-refractivity contribution in [2.75, 3.05) is 18.0 Å². The van der Waals surface area contributed by atoms with Gasteiger partial charge in [0, 0.05) is 22.9 Å². The van der Waals surface area contributed by atoms with Gasteiger partial charge in [-0.25, -0.2) is 4.98 Å². The van der Waals surface area contributed by atoms with Crippen LogP contribution < -0.4 is 4.90 Å². The Balaban J connectivity index is 2.65. The first kappa shape index (κ1) is 12.4. The molecule has 0 unspecified atom stereocenters. The van der Waals surface area contributed by atoms with Crippen LogP contribution in [0.1, 0.15) is 19.4 Å². The van der Waals surface area contributed by atoms with Crippen molar-refractivity contribution in [3.8, 4) is 0 Å². The minimum absolute atomic E-state index is 0.985. The first-order valence-corrected chi connectivity index (χ1v) is 6.77. The van der Waals surface area contributed by atoms with Crippen LogP contribution in [0.2, 0.25) is 0 Å². The minimum atomic E-state index is 0.985. The first-order valence-electron chi connectivity index (χ1n) is 5.98. The van der Waals surface area contributed by atoms with Crippen LogP contribution in [-0.4, -0.2) is 18.1 Å². The maximum atomic E-state index is 4.76. The SMILES string of the molecule is CCN(CC)c1cc(C)c2cccc(Br)c2n1. The van der Waals surface area contributed by atoms with E-state index in [1.54, 1.807) is 0 Å². The average Bonchev–Trinajstić information content (AvgIpc) is 2.32. The number of nitrogens with zero attached hydrogens (tertiary/aromatic N) is 2. The summed E-state index contributed by atoms with van der Waals surface area (Å²) in [5, 5.41) is 1.22. The second-order valence-corrected chi connectivity index (χ2v) is 4.96. The molecule has 1 aromatic heterocycles. The Morgan fingerprint density at radius 2 is 1.94 bits per heavy atom. The van der Waals surface area contributed by atoms with Crippen LogP contribution in [0.15, 0.2) is 28.7 Å². The Labute approximate surface area is 111 Å². The highest BCUT2D eigenvalue weighted by Crippen LogP contribution is 2.27. The molecule has 0 fully saturated rings. The first-order chi connectivity index (χ1) is 8.17. The topological polar surface area (TPSA) is 16.1 Å². The van der Waals surface area contributed by atoms with Gasteiger partial charge in [-0.2, -0.15) is 0 Å². The van der Waals surface area contributed by atoms with Gasteiger partial charge in [-0.1, -0.05) is 12.1 Å². The van der Waals surface area contributed by atoms with E-state index >= 15 is 0 Å². The van der Waals surface area contributed by atoms with Crippen molar-refractivity contribution in [1.82, 2.24) is 4.98 Å². The Morgan fingerprint density at radius 3 is 2.59 bits per heavy atom. The maximum absolute atomic E-state index is 4.76. The number of anilines is 1. The largest absolute Gasteiger partial charge is 0.357 e. The third kappa shape index (κ3) is 2.29. The van der Waals surface area contributed by atoms with Gasteiger partial charge in [0.1, 0.15) is 5.82 Å². The minimum Gasteiger partial charge on any atom is -0.357 e. The van der Waals surface area contributed by atoms with Crippen molar-refractivity contribution in [1.29, 1.82) is 0 Å². The molecule has 0 saturated heterocycles. The zero-order valence-corrected chi connectivity index (χ0v) is 12.1. The fourth-order valence-corrected chi connectivity index (χ4v) is 2.53. The standard InChI is InChI=1S/C14H17BrN2/c1-4-17(5-2)13-9-10(3)11-7-6-8-12(15)14(11)16-13/h6-9H,4-5H2,1-3H3. The van der Waals surface area contributed by atoms with Crippen LogP contribution in [0, 0.1) is 6.92 Å². The van der Waals surface area contributed by atoms with Crippen molar-refractivity contribution >= 4 is 32.7 Å². The van der Waals surface area contributed by atoms with Gasteiger partial charge in [0.05, 0.1) is 5.52 Å². The lowest BCUT2D eigenvalue weighted by Crippen LogP contribution is -2.23. The third-order valence-corrected chi connectivity index (χ3v) is 3.71. The van der Waals surface area contributed by atoms with E-state index in [9.17, 15) is 0 Å². The lowest BCUT2D eigenvalue weighted by molar-refractivity contribution is 0.849. The Hall–Kier alpha value is -1.09. The van der Waals surface area contributed by atoms with Crippen LogP contribution in [0.4, 0.5) is 5.82 Å². The van der Waals surface area contributed by atoms with Gasteiger partial charge in [0.2, 0.25) is 0 Å². The number of para-hydroxylation sites is 1. The summed E-state index contributed by atoms with van der Waals surface area (Å²) in [5.74, 6) is 1.06. The molecule has 2 aromatic rings.